The van der Waals surface area contributed by atoms with Gasteiger partial charge in [0.2, 0.25) is 0 Å². The van der Waals surface area contributed by atoms with E-state index in [0.717, 1.165) is 17.8 Å². The second-order valence-electron chi connectivity index (χ2n) is 7.05. The summed E-state index contributed by atoms with van der Waals surface area (Å²) < 4.78 is 0. The molecule has 0 nitrogen and oxygen atoms in total. The van der Waals surface area contributed by atoms with Gasteiger partial charge in [0, 0.05) is 0 Å². The van der Waals surface area contributed by atoms with Crippen molar-refractivity contribution in [3.8, 4) is 0 Å². The molecule has 0 saturated heterocycles. The highest BCUT2D eigenvalue weighted by atomic mass is 14.4. The van der Waals surface area contributed by atoms with Crippen LogP contribution in [-0.4, -0.2) is 0 Å². The summed E-state index contributed by atoms with van der Waals surface area (Å²) in [6.07, 6.45) is 12.6. The lowest BCUT2D eigenvalue weighted by molar-refractivity contribution is 0.323. The van der Waals surface area contributed by atoms with Gasteiger partial charge < -0.3 is 0 Å². The van der Waals surface area contributed by atoms with E-state index in [1.807, 2.05) is 0 Å². The van der Waals surface area contributed by atoms with Gasteiger partial charge >= 0.3 is 0 Å². The molecule has 3 atom stereocenters. The predicted molar refractivity (Wildman–Crippen MR) is 76.0 cm³/mol. The third-order valence-electron chi connectivity index (χ3n) is 5.10. The molecule has 2 rings (SSSR count). The highest BCUT2D eigenvalue weighted by molar-refractivity contribution is 5.18. The van der Waals surface area contributed by atoms with Gasteiger partial charge in [0.1, 0.15) is 0 Å². The van der Waals surface area contributed by atoms with Crippen molar-refractivity contribution in [3.63, 3.8) is 0 Å². The first kappa shape index (κ1) is 13.2. The molecule has 0 aromatic heterocycles. The van der Waals surface area contributed by atoms with Crippen molar-refractivity contribution in [3.05, 3.63) is 11.6 Å². The van der Waals surface area contributed by atoms with Crippen molar-refractivity contribution in [2.75, 3.05) is 0 Å². The quantitative estimate of drug-likeness (QED) is 0.547. The summed E-state index contributed by atoms with van der Waals surface area (Å²) in [5.74, 6) is 3.01. The molecule has 0 amide bonds. The molecule has 1 fully saturated rings. The van der Waals surface area contributed by atoms with Crippen molar-refractivity contribution >= 4 is 0 Å². The normalized spacial score (nSPS) is 36.9. The number of fused-ring (bicyclic) bond motifs is 1. The van der Waals surface area contributed by atoms with Crippen LogP contribution >= 0.6 is 0 Å². The Kier molecular flexibility index (Phi) is 4.00. The maximum Gasteiger partial charge on any atom is -0.0172 e. The van der Waals surface area contributed by atoms with Gasteiger partial charge in [-0.2, -0.15) is 0 Å². The van der Waals surface area contributed by atoms with Gasteiger partial charge in [-0.3, -0.25) is 0 Å². The fraction of sp³-hybridized carbons (Fsp3) is 0.882. The van der Waals surface area contributed by atoms with Gasteiger partial charge in [-0.05, 0) is 55.3 Å². The molecule has 0 bridgehead atoms. The first-order valence-electron chi connectivity index (χ1n) is 7.77. The number of allylic oxidation sites excluding steroid dienone is 2. The van der Waals surface area contributed by atoms with Crippen LogP contribution in [0.4, 0.5) is 0 Å². The molecule has 0 aliphatic heterocycles. The van der Waals surface area contributed by atoms with E-state index in [-0.39, 0.29) is 0 Å². The van der Waals surface area contributed by atoms with Gasteiger partial charge in [-0.15, -0.1) is 0 Å². The van der Waals surface area contributed by atoms with Crippen LogP contribution in [-0.2, 0) is 0 Å². The maximum absolute atomic E-state index is 2.63. The molecule has 0 N–H and O–H groups in total. The summed E-state index contributed by atoms with van der Waals surface area (Å²) in [5, 5.41) is 0. The zero-order valence-electron chi connectivity index (χ0n) is 12.3. The van der Waals surface area contributed by atoms with Gasteiger partial charge in [0.15, 0.2) is 0 Å². The lowest BCUT2D eigenvalue weighted by Gasteiger charge is -2.26. The number of rotatable bonds is 2. The summed E-state index contributed by atoms with van der Waals surface area (Å²) in [6.45, 7) is 9.60. The van der Waals surface area contributed by atoms with Crippen molar-refractivity contribution in [1.29, 1.82) is 0 Å². The molecule has 3 unspecified atom stereocenters. The van der Waals surface area contributed by atoms with Crippen molar-refractivity contribution < 1.29 is 0 Å². The maximum atomic E-state index is 2.63. The highest BCUT2D eigenvalue weighted by Gasteiger charge is 2.39. The van der Waals surface area contributed by atoms with Crippen LogP contribution in [0, 0.1) is 23.2 Å². The Bertz CT molecular complexity index is 284. The summed E-state index contributed by atoms with van der Waals surface area (Å²) in [4.78, 5) is 0. The standard InChI is InChI=1S/C17H30/c1-5-13-7-8-15-11-16(15)14(6-2)12-17(3,4)10-9-13/h12-13,15-16H,5-11H2,1-4H3. The molecular formula is C17H30. The largest absolute Gasteiger partial charge is 0.0794 e. The Labute approximate surface area is 108 Å². The highest BCUT2D eigenvalue weighted by Crippen LogP contribution is 2.50. The van der Waals surface area contributed by atoms with Crippen molar-refractivity contribution in [2.45, 2.75) is 72.6 Å². The Hall–Kier alpha value is -0.260. The van der Waals surface area contributed by atoms with Gasteiger partial charge in [-0.1, -0.05) is 52.2 Å². The van der Waals surface area contributed by atoms with E-state index in [1.54, 1.807) is 5.57 Å². The third-order valence-corrected chi connectivity index (χ3v) is 5.10. The first-order chi connectivity index (χ1) is 8.05. The van der Waals surface area contributed by atoms with Gasteiger partial charge in [0.25, 0.3) is 0 Å². The Morgan fingerprint density at radius 2 is 1.94 bits per heavy atom. The van der Waals surface area contributed by atoms with E-state index in [0.29, 0.717) is 5.41 Å². The average molecular weight is 234 g/mol. The van der Waals surface area contributed by atoms with Crippen LogP contribution in [0.5, 0.6) is 0 Å². The molecule has 2 aliphatic rings. The summed E-state index contributed by atoms with van der Waals surface area (Å²) in [7, 11) is 0. The predicted octanol–water partition coefficient (Wildman–Crippen LogP) is 5.59. The zero-order valence-corrected chi connectivity index (χ0v) is 12.3. The zero-order chi connectivity index (χ0) is 12.5. The fourth-order valence-corrected chi connectivity index (χ4v) is 3.64. The Balaban J connectivity index is 2.12. The van der Waals surface area contributed by atoms with Crippen LogP contribution in [0.15, 0.2) is 11.6 Å². The average Bonchev–Trinajstić information content (AvgIpc) is 3.05. The summed E-state index contributed by atoms with van der Waals surface area (Å²) >= 11 is 0. The molecule has 0 spiro atoms. The molecule has 0 aromatic rings. The van der Waals surface area contributed by atoms with Crippen LogP contribution in [0.1, 0.15) is 72.6 Å². The van der Waals surface area contributed by atoms with Crippen LogP contribution in [0.3, 0.4) is 0 Å². The molecule has 98 valence electrons. The molecule has 0 heteroatoms. The monoisotopic (exact) mass is 234 g/mol. The van der Waals surface area contributed by atoms with E-state index in [4.69, 9.17) is 0 Å². The Morgan fingerprint density at radius 1 is 1.18 bits per heavy atom. The fourth-order valence-electron chi connectivity index (χ4n) is 3.64. The van der Waals surface area contributed by atoms with Gasteiger partial charge in [-0.25, -0.2) is 0 Å². The summed E-state index contributed by atoms with van der Waals surface area (Å²) in [5.41, 5.74) is 2.21. The lowest BCUT2D eigenvalue weighted by Crippen LogP contribution is -2.13. The van der Waals surface area contributed by atoms with E-state index < -0.39 is 0 Å². The van der Waals surface area contributed by atoms with E-state index in [2.05, 4.69) is 33.8 Å². The number of hydrogen-bond donors (Lipinski definition) is 0. The second-order valence-corrected chi connectivity index (χ2v) is 7.05. The number of hydrogen-bond acceptors (Lipinski definition) is 0. The SMILES string of the molecule is CCC1=CC(C)(C)CCC(CC)CCC2CC12. The third kappa shape index (κ3) is 3.36. The first-order valence-corrected chi connectivity index (χ1v) is 7.77. The van der Waals surface area contributed by atoms with E-state index in [1.165, 1.54) is 44.9 Å². The van der Waals surface area contributed by atoms with Crippen molar-refractivity contribution in [2.24, 2.45) is 23.2 Å². The molecule has 0 heterocycles. The summed E-state index contributed by atoms with van der Waals surface area (Å²) in [6, 6.07) is 0. The second kappa shape index (κ2) is 5.16. The molecule has 17 heavy (non-hydrogen) atoms. The van der Waals surface area contributed by atoms with Crippen LogP contribution < -0.4 is 0 Å². The molecule has 1 saturated carbocycles. The van der Waals surface area contributed by atoms with E-state index >= 15 is 0 Å². The smallest absolute Gasteiger partial charge is 0.0172 e. The molecule has 2 aliphatic carbocycles. The Morgan fingerprint density at radius 3 is 2.59 bits per heavy atom. The minimum atomic E-state index is 0.434. The lowest BCUT2D eigenvalue weighted by atomic mass is 9.79. The van der Waals surface area contributed by atoms with E-state index in [9.17, 15) is 0 Å². The molecular weight excluding hydrogens is 204 g/mol. The van der Waals surface area contributed by atoms with Crippen LogP contribution in [0.25, 0.3) is 0 Å². The van der Waals surface area contributed by atoms with Crippen LogP contribution in [0.2, 0.25) is 0 Å². The minimum absolute atomic E-state index is 0.434. The van der Waals surface area contributed by atoms with Gasteiger partial charge in [0.05, 0.1) is 0 Å². The van der Waals surface area contributed by atoms with Crippen molar-refractivity contribution in [1.82, 2.24) is 0 Å². The molecule has 0 aromatic carbocycles. The topological polar surface area (TPSA) is 0 Å². The minimum Gasteiger partial charge on any atom is -0.0794 e. The molecule has 0 radical (unpaired) electrons.